The second kappa shape index (κ2) is 6.10. The van der Waals surface area contributed by atoms with Gasteiger partial charge < -0.3 is 5.32 Å². The molecule has 0 bridgehead atoms. The van der Waals surface area contributed by atoms with Crippen molar-refractivity contribution in [3.8, 4) is 11.4 Å². The molecule has 5 heteroatoms. The van der Waals surface area contributed by atoms with Crippen LogP contribution in [0.15, 0.2) is 28.7 Å². The molecule has 0 radical (unpaired) electrons. The van der Waals surface area contributed by atoms with Crippen LogP contribution in [0.5, 0.6) is 0 Å². The fraction of sp³-hybridized carbons (Fsp3) is 0.286. The standard InChI is InChI=1S/C14H15BrFN3/c1-3-6-17-13-7-9(2)18-14(19-13)10-4-5-11(15)12(16)8-10/h4-5,7-8H,3,6H2,1-2H3,(H,17,18,19). The lowest BCUT2D eigenvalue weighted by molar-refractivity contribution is 0.621. The predicted octanol–water partition coefficient (Wildman–Crippen LogP) is 4.18. The number of anilines is 1. The summed E-state index contributed by atoms with van der Waals surface area (Å²) in [6.07, 6.45) is 1.02. The predicted molar refractivity (Wildman–Crippen MR) is 78.6 cm³/mol. The first-order valence-corrected chi connectivity index (χ1v) is 6.94. The summed E-state index contributed by atoms with van der Waals surface area (Å²) < 4.78 is 14.0. The van der Waals surface area contributed by atoms with Crippen LogP contribution in [-0.4, -0.2) is 16.5 Å². The fourth-order valence-corrected chi connectivity index (χ4v) is 1.92. The average Bonchev–Trinajstić information content (AvgIpc) is 2.39. The molecule has 3 nitrogen and oxygen atoms in total. The summed E-state index contributed by atoms with van der Waals surface area (Å²) in [5, 5.41) is 3.22. The zero-order valence-electron chi connectivity index (χ0n) is 10.9. The van der Waals surface area contributed by atoms with Crippen LogP contribution in [0.3, 0.4) is 0 Å². The van der Waals surface area contributed by atoms with Gasteiger partial charge in [-0.05, 0) is 47.5 Å². The summed E-state index contributed by atoms with van der Waals surface area (Å²) in [5.74, 6) is 0.989. The monoisotopic (exact) mass is 323 g/mol. The van der Waals surface area contributed by atoms with Crippen molar-refractivity contribution in [1.82, 2.24) is 9.97 Å². The van der Waals surface area contributed by atoms with Gasteiger partial charge in [0.1, 0.15) is 11.6 Å². The average molecular weight is 324 g/mol. The highest BCUT2D eigenvalue weighted by atomic mass is 79.9. The molecular weight excluding hydrogens is 309 g/mol. The highest BCUT2D eigenvalue weighted by molar-refractivity contribution is 9.10. The van der Waals surface area contributed by atoms with Crippen molar-refractivity contribution >= 4 is 21.7 Å². The second-order valence-electron chi connectivity index (χ2n) is 4.27. The smallest absolute Gasteiger partial charge is 0.161 e. The van der Waals surface area contributed by atoms with E-state index < -0.39 is 0 Å². The third kappa shape index (κ3) is 3.50. The number of aromatic nitrogens is 2. The molecule has 0 atom stereocenters. The molecule has 0 amide bonds. The van der Waals surface area contributed by atoms with Crippen LogP contribution < -0.4 is 5.32 Å². The van der Waals surface area contributed by atoms with E-state index in [4.69, 9.17) is 0 Å². The van der Waals surface area contributed by atoms with E-state index in [2.05, 4.69) is 38.1 Å². The minimum Gasteiger partial charge on any atom is -0.370 e. The number of halogens is 2. The Morgan fingerprint density at radius 1 is 1.26 bits per heavy atom. The van der Waals surface area contributed by atoms with E-state index in [9.17, 15) is 4.39 Å². The zero-order chi connectivity index (χ0) is 13.8. The van der Waals surface area contributed by atoms with Crippen LogP contribution in [0, 0.1) is 12.7 Å². The van der Waals surface area contributed by atoms with Gasteiger partial charge in [-0.3, -0.25) is 0 Å². The molecule has 0 saturated heterocycles. The van der Waals surface area contributed by atoms with E-state index in [-0.39, 0.29) is 5.82 Å². The molecule has 2 aromatic rings. The Hall–Kier alpha value is -1.49. The maximum atomic E-state index is 13.6. The van der Waals surface area contributed by atoms with Crippen LogP contribution in [-0.2, 0) is 0 Å². The Balaban J connectivity index is 2.37. The van der Waals surface area contributed by atoms with Crippen LogP contribution in [0.4, 0.5) is 10.2 Å². The first-order chi connectivity index (χ1) is 9.10. The van der Waals surface area contributed by atoms with E-state index >= 15 is 0 Å². The lowest BCUT2D eigenvalue weighted by atomic mass is 10.2. The Bertz CT molecular complexity index is 587. The molecule has 2 rings (SSSR count). The van der Waals surface area contributed by atoms with Gasteiger partial charge in [0.2, 0.25) is 0 Å². The summed E-state index contributed by atoms with van der Waals surface area (Å²) in [6, 6.07) is 6.78. The third-order valence-corrected chi connectivity index (χ3v) is 3.23. The molecule has 1 heterocycles. The molecule has 0 aliphatic heterocycles. The van der Waals surface area contributed by atoms with Crippen molar-refractivity contribution in [2.24, 2.45) is 0 Å². The highest BCUT2D eigenvalue weighted by Crippen LogP contribution is 2.23. The van der Waals surface area contributed by atoms with Crippen LogP contribution in [0.1, 0.15) is 19.0 Å². The van der Waals surface area contributed by atoms with Crippen molar-refractivity contribution in [2.45, 2.75) is 20.3 Å². The summed E-state index contributed by atoms with van der Waals surface area (Å²) >= 11 is 3.14. The molecule has 1 aromatic carbocycles. The fourth-order valence-electron chi connectivity index (χ4n) is 1.68. The first kappa shape index (κ1) is 13.9. The maximum Gasteiger partial charge on any atom is 0.161 e. The number of rotatable bonds is 4. The first-order valence-electron chi connectivity index (χ1n) is 6.15. The molecule has 19 heavy (non-hydrogen) atoms. The molecule has 0 aliphatic rings. The van der Waals surface area contributed by atoms with Crippen molar-refractivity contribution in [3.05, 3.63) is 40.2 Å². The molecule has 1 aromatic heterocycles. The number of nitrogens with zero attached hydrogens (tertiary/aromatic N) is 2. The van der Waals surface area contributed by atoms with Crippen LogP contribution in [0.25, 0.3) is 11.4 Å². The minimum atomic E-state index is -0.314. The number of hydrogen-bond acceptors (Lipinski definition) is 3. The summed E-state index contributed by atoms with van der Waals surface area (Å²) in [5.41, 5.74) is 1.52. The third-order valence-electron chi connectivity index (χ3n) is 2.59. The van der Waals surface area contributed by atoms with Crippen molar-refractivity contribution in [3.63, 3.8) is 0 Å². The van der Waals surface area contributed by atoms with E-state index in [1.807, 2.05) is 13.0 Å². The summed E-state index contributed by atoms with van der Waals surface area (Å²) in [4.78, 5) is 8.76. The number of benzene rings is 1. The van der Waals surface area contributed by atoms with Crippen molar-refractivity contribution in [2.75, 3.05) is 11.9 Å². The maximum absolute atomic E-state index is 13.6. The van der Waals surface area contributed by atoms with E-state index in [0.717, 1.165) is 24.5 Å². The molecule has 1 N–H and O–H groups in total. The van der Waals surface area contributed by atoms with Crippen molar-refractivity contribution < 1.29 is 4.39 Å². The normalized spacial score (nSPS) is 10.5. The van der Waals surface area contributed by atoms with Gasteiger partial charge in [0, 0.05) is 23.9 Å². The van der Waals surface area contributed by atoms with Gasteiger partial charge in [0.15, 0.2) is 5.82 Å². The Kier molecular flexibility index (Phi) is 4.47. The molecule has 0 unspecified atom stereocenters. The summed E-state index contributed by atoms with van der Waals surface area (Å²) in [6.45, 7) is 4.84. The van der Waals surface area contributed by atoms with Crippen LogP contribution in [0.2, 0.25) is 0 Å². The number of nitrogens with one attached hydrogen (secondary N) is 1. The van der Waals surface area contributed by atoms with Gasteiger partial charge >= 0.3 is 0 Å². The SMILES string of the molecule is CCCNc1cc(C)nc(-c2ccc(Br)c(F)c2)n1. The quantitative estimate of drug-likeness (QED) is 0.917. The van der Waals surface area contributed by atoms with Gasteiger partial charge in [0.25, 0.3) is 0 Å². The van der Waals surface area contributed by atoms with E-state index in [0.29, 0.717) is 15.9 Å². The highest BCUT2D eigenvalue weighted by Gasteiger charge is 2.07. The Labute approximate surface area is 120 Å². The van der Waals surface area contributed by atoms with Gasteiger partial charge in [-0.2, -0.15) is 0 Å². The second-order valence-corrected chi connectivity index (χ2v) is 5.13. The van der Waals surface area contributed by atoms with Crippen LogP contribution >= 0.6 is 15.9 Å². The molecular formula is C14H15BrFN3. The molecule has 0 saturated carbocycles. The lowest BCUT2D eigenvalue weighted by Gasteiger charge is -2.08. The summed E-state index contributed by atoms with van der Waals surface area (Å²) in [7, 11) is 0. The number of hydrogen-bond donors (Lipinski definition) is 1. The number of aryl methyl sites for hydroxylation is 1. The molecule has 0 aliphatic carbocycles. The molecule has 0 fully saturated rings. The van der Waals surface area contributed by atoms with Crippen molar-refractivity contribution in [1.29, 1.82) is 0 Å². The lowest BCUT2D eigenvalue weighted by Crippen LogP contribution is -2.04. The van der Waals surface area contributed by atoms with Gasteiger partial charge in [-0.1, -0.05) is 6.92 Å². The van der Waals surface area contributed by atoms with E-state index in [1.54, 1.807) is 12.1 Å². The topological polar surface area (TPSA) is 37.8 Å². The van der Waals surface area contributed by atoms with Gasteiger partial charge in [0.05, 0.1) is 4.47 Å². The van der Waals surface area contributed by atoms with E-state index in [1.165, 1.54) is 6.07 Å². The zero-order valence-corrected chi connectivity index (χ0v) is 12.5. The Morgan fingerprint density at radius 2 is 2.05 bits per heavy atom. The minimum absolute atomic E-state index is 0.314. The largest absolute Gasteiger partial charge is 0.370 e. The van der Waals surface area contributed by atoms with Gasteiger partial charge in [-0.15, -0.1) is 0 Å². The van der Waals surface area contributed by atoms with Gasteiger partial charge in [-0.25, -0.2) is 14.4 Å². The molecule has 100 valence electrons. The molecule has 0 spiro atoms. The Morgan fingerprint density at radius 3 is 2.74 bits per heavy atom.